The number of hydrogen-bond acceptors (Lipinski definition) is 5. The first-order valence-electron chi connectivity index (χ1n) is 8.17. The highest BCUT2D eigenvalue weighted by Gasteiger charge is 2.13. The maximum Gasteiger partial charge on any atom is 0.262 e. The smallest absolute Gasteiger partial charge is 0.262 e. The molecule has 6 heteroatoms. The predicted octanol–water partition coefficient (Wildman–Crippen LogP) is 2.95. The van der Waals surface area contributed by atoms with E-state index in [9.17, 15) is 9.90 Å². The number of thioether (sulfide) groups is 1. The van der Waals surface area contributed by atoms with Gasteiger partial charge in [-0.1, -0.05) is 42.1 Å². The Bertz CT molecular complexity index is 896. The largest absolute Gasteiger partial charge is 0.491 e. The molecule has 25 heavy (non-hydrogen) atoms. The molecule has 1 atom stereocenters. The van der Waals surface area contributed by atoms with Gasteiger partial charge in [-0.15, -0.1) is 0 Å². The summed E-state index contributed by atoms with van der Waals surface area (Å²) in [7, 11) is 0. The fourth-order valence-electron chi connectivity index (χ4n) is 2.46. The number of ether oxygens (including phenoxy) is 1. The van der Waals surface area contributed by atoms with Crippen molar-refractivity contribution < 1.29 is 9.84 Å². The highest BCUT2D eigenvalue weighted by atomic mass is 32.2. The maximum atomic E-state index is 12.6. The van der Waals surface area contributed by atoms with Gasteiger partial charge in [0.2, 0.25) is 0 Å². The molecule has 0 bridgehead atoms. The molecule has 130 valence electrons. The van der Waals surface area contributed by atoms with Crippen LogP contribution in [-0.4, -0.2) is 33.1 Å². The standard InChI is InChI=1S/C19H20N2O3S/c1-2-21-18(23)16-10-6-7-11-17(16)20-19(21)25-13-14(22)12-24-15-8-4-3-5-9-15/h3-11,14,22H,2,12-13H2,1H3/t14-/m1/s1. The van der Waals surface area contributed by atoms with E-state index in [1.807, 2.05) is 55.5 Å². The molecule has 0 aliphatic rings. The van der Waals surface area contributed by atoms with Crippen LogP contribution in [0, 0.1) is 0 Å². The van der Waals surface area contributed by atoms with E-state index >= 15 is 0 Å². The second-order valence-electron chi connectivity index (χ2n) is 5.55. The van der Waals surface area contributed by atoms with Crippen molar-refractivity contribution >= 4 is 22.7 Å². The second-order valence-corrected chi connectivity index (χ2v) is 6.54. The van der Waals surface area contributed by atoms with Crippen LogP contribution in [0.2, 0.25) is 0 Å². The van der Waals surface area contributed by atoms with Crippen molar-refractivity contribution in [1.82, 2.24) is 9.55 Å². The number of para-hydroxylation sites is 2. The van der Waals surface area contributed by atoms with Gasteiger partial charge in [0.1, 0.15) is 12.4 Å². The fraction of sp³-hybridized carbons (Fsp3) is 0.263. The predicted molar refractivity (Wildman–Crippen MR) is 100 cm³/mol. The number of nitrogens with zero attached hydrogens (tertiary/aromatic N) is 2. The van der Waals surface area contributed by atoms with E-state index in [1.54, 1.807) is 10.6 Å². The van der Waals surface area contributed by atoms with Crippen molar-refractivity contribution in [2.75, 3.05) is 12.4 Å². The van der Waals surface area contributed by atoms with Gasteiger partial charge in [-0.25, -0.2) is 4.98 Å². The van der Waals surface area contributed by atoms with Gasteiger partial charge in [-0.05, 0) is 31.2 Å². The molecule has 0 aliphatic carbocycles. The number of rotatable bonds is 7. The molecule has 0 saturated heterocycles. The molecule has 5 nitrogen and oxygen atoms in total. The molecule has 0 unspecified atom stereocenters. The summed E-state index contributed by atoms with van der Waals surface area (Å²) in [6.07, 6.45) is -0.654. The van der Waals surface area contributed by atoms with Crippen LogP contribution in [0.25, 0.3) is 10.9 Å². The minimum Gasteiger partial charge on any atom is -0.491 e. The van der Waals surface area contributed by atoms with E-state index in [2.05, 4.69) is 4.98 Å². The summed E-state index contributed by atoms with van der Waals surface area (Å²) >= 11 is 1.37. The maximum absolute atomic E-state index is 12.6. The topological polar surface area (TPSA) is 64.3 Å². The van der Waals surface area contributed by atoms with Crippen molar-refractivity contribution in [3.63, 3.8) is 0 Å². The van der Waals surface area contributed by atoms with E-state index in [0.29, 0.717) is 28.4 Å². The molecule has 1 aromatic heterocycles. The Balaban J connectivity index is 1.69. The van der Waals surface area contributed by atoms with Crippen molar-refractivity contribution in [2.45, 2.75) is 24.7 Å². The van der Waals surface area contributed by atoms with Crippen LogP contribution in [0.1, 0.15) is 6.92 Å². The molecule has 3 aromatic rings. The van der Waals surface area contributed by atoms with Crippen LogP contribution in [-0.2, 0) is 6.54 Å². The molecule has 2 aromatic carbocycles. The molecule has 1 heterocycles. The van der Waals surface area contributed by atoms with Crippen LogP contribution in [0.3, 0.4) is 0 Å². The monoisotopic (exact) mass is 356 g/mol. The van der Waals surface area contributed by atoms with Crippen molar-refractivity contribution in [2.24, 2.45) is 0 Å². The fourth-order valence-corrected chi connectivity index (χ4v) is 3.43. The number of aliphatic hydroxyl groups is 1. The lowest BCUT2D eigenvalue weighted by Gasteiger charge is -2.14. The van der Waals surface area contributed by atoms with Gasteiger partial charge in [-0.3, -0.25) is 9.36 Å². The summed E-state index contributed by atoms with van der Waals surface area (Å²) in [5.41, 5.74) is 0.625. The number of fused-ring (bicyclic) bond motifs is 1. The van der Waals surface area contributed by atoms with Crippen LogP contribution >= 0.6 is 11.8 Å². The number of benzene rings is 2. The first kappa shape index (κ1) is 17.5. The van der Waals surface area contributed by atoms with Gasteiger partial charge in [0.25, 0.3) is 5.56 Å². The zero-order valence-corrected chi connectivity index (χ0v) is 14.8. The van der Waals surface area contributed by atoms with E-state index < -0.39 is 6.10 Å². The molecule has 0 spiro atoms. The van der Waals surface area contributed by atoms with E-state index in [4.69, 9.17) is 4.74 Å². The second kappa shape index (κ2) is 8.18. The van der Waals surface area contributed by atoms with Crippen molar-refractivity contribution in [3.05, 3.63) is 65.0 Å². The highest BCUT2D eigenvalue weighted by Crippen LogP contribution is 2.19. The quantitative estimate of drug-likeness (QED) is 0.521. The summed E-state index contributed by atoms with van der Waals surface area (Å²) in [6, 6.07) is 16.7. The molecule has 0 amide bonds. The van der Waals surface area contributed by atoms with Crippen LogP contribution in [0.5, 0.6) is 5.75 Å². The Morgan fingerprint density at radius 1 is 1.16 bits per heavy atom. The lowest BCUT2D eigenvalue weighted by molar-refractivity contribution is 0.126. The van der Waals surface area contributed by atoms with Crippen LogP contribution in [0.4, 0.5) is 0 Å². The molecule has 0 fully saturated rings. The normalized spacial score (nSPS) is 12.2. The minimum absolute atomic E-state index is 0.0503. The lowest BCUT2D eigenvalue weighted by Crippen LogP contribution is -2.24. The van der Waals surface area contributed by atoms with E-state index in [1.165, 1.54) is 11.8 Å². The van der Waals surface area contributed by atoms with Gasteiger partial charge in [0.05, 0.1) is 17.0 Å². The molecule has 1 N–H and O–H groups in total. The van der Waals surface area contributed by atoms with Crippen molar-refractivity contribution in [1.29, 1.82) is 0 Å². The van der Waals surface area contributed by atoms with Gasteiger partial charge < -0.3 is 9.84 Å². The average Bonchev–Trinajstić information content (AvgIpc) is 2.65. The molecule has 0 aliphatic heterocycles. The van der Waals surface area contributed by atoms with Gasteiger partial charge in [0, 0.05) is 12.3 Å². The number of hydrogen-bond donors (Lipinski definition) is 1. The van der Waals surface area contributed by atoms with Crippen LogP contribution < -0.4 is 10.3 Å². The zero-order chi connectivity index (χ0) is 17.6. The number of aromatic nitrogens is 2. The average molecular weight is 356 g/mol. The molecular weight excluding hydrogens is 336 g/mol. The highest BCUT2D eigenvalue weighted by molar-refractivity contribution is 7.99. The van der Waals surface area contributed by atoms with Gasteiger partial charge in [0.15, 0.2) is 5.16 Å². The first-order valence-corrected chi connectivity index (χ1v) is 9.16. The molecule has 3 rings (SSSR count). The Morgan fingerprint density at radius 2 is 1.88 bits per heavy atom. The third-order valence-corrected chi connectivity index (χ3v) is 4.85. The molecular formula is C19H20N2O3S. The SMILES string of the molecule is CCn1c(SC[C@H](O)COc2ccccc2)nc2ccccc2c1=O. The Kier molecular flexibility index (Phi) is 5.73. The summed E-state index contributed by atoms with van der Waals surface area (Å²) in [5, 5.41) is 11.4. The first-order chi connectivity index (χ1) is 12.2. The zero-order valence-electron chi connectivity index (χ0n) is 14.0. The Labute approximate surface area is 150 Å². The molecule has 0 saturated carbocycles. The van der Waals surface area contributed by atoms with E-state index in [0.717, 1.165) is 5.75 Å². The van der Waals surface area contributed by atoms with Crippen LogP contribution in [0.15, 0.2) is 64.5 Å². The van der Waals surface area contributed by atoms with Gasteiger partial charge >= 0.3 is 0 Å². The summed E-state index contributed by atoms with van der Waals surface area (Å²) in [6.45, 7) is 2.65. The summed E-state index contributed by atoms with van der Waals surface area (Å²) in [5.74, 6) is 1.12. The molecule has 0 radical (unpaired) electrons. The number of aliphatic hydroxyl groups excluding tert-OH is 1. The van der Waals surface area contributed by atoms with Crippen molar-refractivity contribution in [3.8, 4) is 5.75 Å². The Hall–Kier alpha value is -2.31. The minimum atomic E-state index is -0.654. The Morgan fingerprint density at radius 3 is 2.64 bits per heavy atom. The summed E-state index contributed by atoms with van der Waals surface area (Å²) in [4.78, 5) is 17.1. The third kappa shape index (κ3) is 4.21. The van der Waals surface area contributed by atoms with E-state index in [-0.39, 0.29) is 12.2 Å². The summed E-state index contributed by atoms with van der Waals surface area (Å²) < 4.78 is 7.19. The lowest BCUT2D eigenvalue weighted by atomic mass is 10.2. The third-order valence-electron chi connectivity index (χ3n) is 3.73. The van der Waals surface area contributed by atoms with Gasteiger partial charge in [-0.2, -0.15) is 0 Å².